The summed E-state index contributed by atoms with van der Waals surface area (Å²) in [6, 6.07) is 2.03. The number of benzene rings is 1. The summed E-state index contributed by atoms with van der Waals surface area (Å²) in [6.45, 7) is 1.14. The summed E-state index contributed by atoms with van der Waals surface area (Å²) in [5, 5.41) is 10.7. The number of rotatable bonds is 3. The lowest BCUT2D eigenvalue weighted by Gasteiger charge is -2.06. The van der Waals surface area contributed by atoms with E-state index in [0.717, 1.165) is 19.1 Å². The molecule has 0 aliphatic heterocycles. The van der Waals surface area contributed by atoms with Crippen molar-refractivity contribution in [3.8, 4) is 0 Å². The zero-order valence-electron chi connectivity index (χ0n) is 8.04. The smallest absolute Gasteiger partial charge is 0.294 e. The minimum Gasteiger partial charge on any atom is -0.294 e. The molecule has 1 aromatic rings. The van der Waals surface area contributed by atoms with Crippen LogP contribution in [0.15, 0.2) is 16.6 Å². The van der Waals surface area contributed by atoms with Crippen molar-refractivity contribution >= 4 is 27.4 Å². The van der Waals surface area contributed by atoms with Gasteiger partial charge < -0.3 is 0 Å². The molecule has 0 unspecified atom stereocenters. The average molecular weight is 294 g/mol. The van der Waals surface area contributed by atoms with Crippen LogP contribution in [0.1, 0.15) is 29.3 Å². The van der Waals surface area contributed by atoms with E-state index in [1.807, 2.05) is 0 Å². The molecule has 0 aliphatic rings. The molecule has 0 atom stereocenters. The number of nitro benzene ring substituents is 1. The van der Waals surface area contributed by atoms with Gasteiger partial charge in [-0.2, -0.15) is 0 Å². The number of nitrogens with zero attached hydrogens (tertiary/aromatic N) is 1. The van der Waals surface area contributed by atoms with Crippen LogP contribution in [-0.4, -0.2) is 10.7 Å². The van der Waals surface area contributed by atoms with E-state index in [2.05, 4.69) is 15.9 Å². The Kier molecular flexibility index (Phi) is 3.69. The van der Waals surface area contributed by atoms with Crippen LogP contribution in [0.25, 0.3) is 0 Å². The van der Waals surface area contributed by atoms with E-state index in [0.29, 0.717) is 0 Å². The molecule has 86 valence electrons. The number of carbonyl (C=O) groups is 1. The van der Waals surface area contributed by atoms with Gasteiger partial charge in [0.2, 0.25) is 0 Å². The van der Waals surface area contributed by atoms with Gasteiger partial charge in [-0.1, -0.05) is 6.07 Å². The minimum atomic E-state index is -2.84. The Morgan fingerprint density at radius 2 is 2.06 bits per heavy atom. The molecule has 0 radical (unpaired) electrons. The first kappa shape index (κ1) is 12.7. The lowest BCUT2D eigenvalue weighted by Crippen LogP contribution is -2.03. The molecule has 0 amide bonds. The van der Waals surface area contributed by atoms with Gasteiger partial charge in [-0.05, 0) is 28.9 Å². The third-order valence-electron chi connectivity index (χ3n) is 1.94. The highest BCUT2D eigenvalue weighted by molar-refractivity contribution is 9.10. The number of Topliss-reactive ketones (excluding diaryl/α,β-unsaturated/α-hetero) is 1. The van der Waals surface area contributed by atoms with Crippen LogP contribution in [0.3, 0.4) is 0 Å². The van der Waals surface area contributed by atoms with E-state index in [1.165, 1.54) is 0 Å². The van der Waals surface area contributed by atoms with Gasteiger partial charge in [0.15, 0.2) is 5.78 Å². The molecule has 0 spiro atoms. The lowest BCUT2D eigenvalue weighted by atomic mass is 10.1. The van der Waals surface area contributed by atoms with Crippen LogP contribution in [-0.2, 0) is 0 Å². The molecule has 0 saturated heterocycles. The minimum absolute atomic E-state index is 0.193. The first-order chi connectivity index (χ1) is 7.36. The third kappa shape index (κ3) is 2.24. The van der Waals surface area contributed by atoms with Gasteiger partial charge in [-0.15, -0.1) is 0 Å². The van der Waals surface area contributed by atoms with E-state index in [-0.39, 0.29) is 10.0 Å². The van der Waals surface area contributed by atoms with Gasteiger partial charge in [0, 0.05) is 5.56 Å². The number of nitro groups is 1. The maximum absolute atomic E-state index is 12.5. The highest BCUT2D eigenvalue weighted by atomic mass is 79.9. The molecule has 0 aromatic heterocycles. The van der Waals surface area contributed by atoms with Crippen molar-refractivity contribution < 1.29 is 18.5 Å². The Hall–Kier alpha value is -1.37. The van der Waals surface area contributed by atoms with E-state index in [1.54, 1.807) is 0 Å². The fraction of sp³-hybridized carbons (Fsp3) is 0.222. The van der Waals surface area contributed by atoms with E-state index >= 15 is 0 Å². The molecule has 7 heteroatoms. The number of hydrogen-bond acceptors (Lipinski definition) is 3. The van der Waals surface area contributed by atoms with Gasteiger partial charge in [0.25, 0.3) is 12.1 Å². The second-order valence-corrected chi connectivity index (χ2v) is 3.77. The predicted molar refractivity (Wildman–Crippen MR) is 55.8 cm³/mol. The maximum atomic E-state index is 12.5. The largest absolute Gasteiger partial charge is 0.294 e. The quantitative estimate of drug-likeness (QED) is 0.487. The molecule has 0 bridgehead atoms. The Bertz CT molecular complexity index is 462. The van der Waals surface area contributed by atoms with Crippen molar-refractivity contribution in [3.63, 3.8) is 0 Å². The summed E-state index contributed by atoms with van der Waals surface area (Å²) in [5.41, 5.74) is -1.32. The number of carbonyl (C=O) groups excluding carboxylic acids is 1. The fourth-order valence-electron chi connectivity index (χ4n) is 1.21. The summed E-state index contributed by atoms with van der Waals surface area (Å²) >= 11 is 2.73. The first-order valence-electron chi connectivity index (χ1n) is 4.12. The summed E-state index contributed by atoms with van der Waals surface area (Å²) in [7, 11) is 0. The molecule has 0 heterocycles. The van der Waals surface area contributed by atoms with Crippen molar-refractivity contribution in [1.29, 1.82) is 0 Å². The SMILES string of the molecule is CC(=O)c1ccc(C(F)F)c(Br)c1[N+](=O)[O-]. The molecule has 16 heavy (non-hydrogen) atoms. The van der Waals surface area contributed by atoms with E-state index < -0.39 is 28.4 Å². The number of alkyl halides is 2. The standard InChI is InChI=1S/C9H6BrF2NO3/c1-4(14)5-2-3-6(9(11)12)7(10)8(5)13(15)16/h2-3,9H,1H3. The summed E-state index contributed by atoms with van der Waals surface area (Å²) in [6.07, 6.45) is -2.84. The normalized spacial score (nSPS) is 10.6. The highest BCUT2D eigenvalue weighted by Gasteiger charge is 2.26. The molecule has 0 aliphatic carbocycles. The topological polar surface area (TPSA) is 60.2 Å². The monoisotopic (exact) mass is 293 g/mol. The maximum Gasteiger partial charge on any atom is 0.294 e. The van der Waals surface area contributed by atoms with Crippen molar-refractivity contribution in [3.05, 3.63) is 37.8 Å². The second kappa shape index (κ2) is 4.65. The lowest BCUT2D eigenvalue weighted by molar-refractivity contribution is -0.386. The molecule has 0 saturated carbocycles. The Labute approximate surface area is 97.5 Å². The molecule has 0 fully saturated rings. The summed E-state index contributed by atoms with van der Waals surface area (Å²) in [4.78, 5) is 20.9. The summed E-state index contributed by atoms with van der Waals surface area (Å²) < 4.78 is 24.6. The molecule has 1 aromatic carbocycles. The van der Waals surface area contributed by atoms with Crippen molar-refractivity contribution in [1.82, 2.24) is 0 Å². The highest BCUT2D eigenvalue weighted by Crippen LogP contribution is 2.37. The number of hydrogen-bond donors (Lipinski definition) is 0. The number of halogens is 3. The van der Waals surface area contributed by atoms with Crippen LogP contribution in [0.2, 0.25) is 0 Å². The van der Waals surface area contributed by atoms with Crippen molar-refractivity contribution in [2.75, 3.05) is 0 Å². The molecule has 4 nitrogen and oxygen atoms in total. The van der Waals surface area contributed by atoms with E-state index in [4.69, 9.17) is 0 Å². The Balaban J connectivity index is 3.54. The molecule has 1 rings (SSSR count). The van der Waals surface area contributed by atoms with Gasteiger partial charge >= 0.3 is 0 Å². The van der Waals surface area contributed by atoms with Gasteiger partial charge in [0.05, 0.1) is 10.5 Å². The van der Waals surface area contributed by atoms with Gasteiger partial charge in [-0.25, -0.2) is 8.78 Å². The summed E-state index contributed by atoms with van der Waals surface area (Å²) in [5.74, 6) is -0.548. The fourth-order valence-corrected chi connectivity index (χ4v) is 1.87. The second-order valence-electron chi connectivity index (χ2n) is 2.98. The van der Waals surface area contributed by atoms with Crippen LogP contribution in [0, 0.1) is 10.1 Å². The van der Waals surface area contributed by atoms with Crippen LogP contribution in [0.4, 0.5) is 14.5 Å². The van der Waals surface area contributed by atoms with Crippen LogP contribution in [0.5, 0.6) is 0 Å². The average Bonchev–Trinajstić information content (AvgIpc) is 2.15. The van der Waals surface area contributed by atoms with Crippen LogP contribution < -0.4 is 0 Å². The van der Waals surface area contributed by atoms with Crippen molar-refractivity contribution in [2.24, 2.45) is 0 Å². The zero-order valence-corrected chi connectivity index (χ0v) is 9.62. The van der Waals surface area contributed by atoms with Crippen LogP contribution >= 0.6 is 15.9 Å². The number of ketones is 1. The Morgan fingerprint density at radius 1 is 1.50 bits per heavy atom. The van der Waals surface area contributed by atoms with E-state index in [9.17, 15) is 23.7 Å². The molecule has 0 N–H and O–H groups in total. The van der Waals surface area contributed by atoms with Gasteiger partial charge in [-0.3, -0.25) is 14.9 Å². The first-order valence-corrected chi connectivity index (χ1v) is 4.91. The molecular weight excluding hydrogens is 288 g/mol. The van der Waals surface area contributed by atoms with Crippen molar-refractivity contribution in [2.45, 2.75) is 13.3 Å². The predicted octanol–water partition coefficient (Wildman–Crippen LogP) is 3.50. The zero-order chi connectivity index (χ0) is 12.5. The Morgan fingerprint density at radius 3 is 2.44 bits per heavy atom. The third-order valence-corrected chi connectivity index (χ3v) is 2.78. The van der Waals surface area contributed by atoms with Gasteiger partial charge in [0.1, 0.15) is 4.47 Å². The molecular formula is C9H6BrF2NO3.